The lowest BCUT2D eigenvalue weighted by molar-refractivity contribution is -0.135. The van der Waals surface area contributed by atoms with E-state index < -0.39 is 34.3 Å². The van der Waals surface area contributed by atoms with E-state index in [0.717, 1.165) is 6.07 Å². The molecule has 1 amide bonds. The van der Waals surface area contributed by atoms with Crippen molar-refractivity contribution in [2.75, 3.05) is 11.9 Å². The first-order valence-corrected chi connectivity index (χ1v) is 8.15. The quantitative estimate of drug-likeness (QED) is 0.728. The molecule has 24 heavy (non-hydrogen) atoms. The van der Waals surface area contributed by atoms with Crippen LogP contribution in [0.1, 0.15) is 10.4 Å². The van der Waals surface area contributed by atoms with Crippen molar-refractivity contribution in [2.45, 2.75) is 4.90 Å². The number of halogens is 1. The van der Waals surface area contributed by atoms with Crippen LogP contribution < -0.4 is 10.0 Å². The van der Waals surface area contributed by atoms with Crippen molar-refractivity contribution >= 4 is 27.6 Å². The second-order valence-corrected chi connectivity index (χ2v) is 6.47. The van der Waals surface area contributed by atoms with Crippen LogP contribution in [0.4, 0.5) is 10.1 Å². The lowest BCUT2D eigenvalue weighted by atomic mass is 10.2. The van der Waals surface area contributed by atoms with Crippen molar-refractivity contribution in [2.24, 2.45) is 0 Å². The van der Waals surface area contributed by atoms with Crippen LogP contribution in [-0.2, 0) is 14.8 Å². The molecule has 0 radical (unpaired) electrons. The molecule has 0 unspecified atom stereocenters. The molecule has 0 heterocycles. The first-order chi connectivity index (χ1) is 11.3. The Kier molecular flexibility index (Phi) is 5.27. The third kappa shape index (κ3) is 4.61. The van der Waals surface area contributed by atoms with E-state index in [1.165, 1.54) is 42.5 Å². The Labute approximate surface area is 137 Å². The van der Waals surface area contributed by atoms with E-state index in [9.17, 15) is 22.4 Å². The topological polar surface area (TPSA) is 113 Å². The standard InChI is InChI=1S/C15H13FN2O5S/c16-11-3-1-2-10(8-11)15(21)18-12-4-6-13(7-5-12)24(22,23)17-9-14(19)20/h1-8,17H,9H2,(H,18,21)(H,19,20). The highest BCUT2D eigenvalue weighted by Crippen LogP contribution is 2.15. The second-order valence-electron chi connectivity index (χ2n) is 4.71. The molecule has 0 aliphatic rings. The fourth-order valence-corrected chi connectivity index (χ4v) is 2.77. The van der Waals surface area contributed by atoms with Crippen molar-refractivity contribution in [3.63, 3.8) is 0 Å². The van der Waals surface area contributed by atoms with Gasteiger partial charge < -0.3 is 10.4 Å². The summed E-state index contributed by atoms with van der Waals surface area (Å²) < 4.78 is 38.6. The van der Waals surface area contributed by atoms with Gasteiger partial charge in [-0.2, -0.15) is 4.72 Å². The molecule has 126 valence electrons. The highest BCUT2D eigenvalue weighted by atomic mass is 32.2. The van der Waals surface area contributed by atoms with Gasteiger partial charge in [0.15, 0.2) is 0 Å². The summed E-state index contributed by atoms with van der Waals surface area (Å²) in [6.45, 7) is -0.736. The Morgan fingerprint density at radius 1 is 1.08 bits per heavy atom. The number of carboxylic acids is 1. The molecule has 0 bridgehead atoms. The Morgan fingerprint density at radius 3 is 2.33 bits per heavy atom. The zero-order chi connectivity index (χ0) is 17.7. The molecule has 0 saturated carbocycles. The number of amides is 1. The number of aliphatic carboxylic acids is 1. The number of carbonyl (C=O) groups is 2. The smallest absolute Gasteiger partial charge is 0.318 e. The van der Waals surface area contributed by atoms with Crippen molar-refractivity contribution in [3.8, 4) is 0 Å². The van der Waals surface area contributed by atoms with Gasteiger partial charge in [-0.1, -0.05) is 6.07 Å². The monoisotopic (exact) mass is 352 g/mol. The third-order valence-electron chi connectivity index (χ3n) is 2.92. The first-order valence-electron chi connectivity index (χ1n) is 6.66. The first kappa shape index (κ1) is 17.6. The minimum absolute atomic E-state index is 0.120. The molecule has 0 aliphatic carbocycles. The Morgan fingerprint density at radius 2 is 1.75 bits per heavy atom. The summed E-state index contributed by atoms with van der Waals surface area (Å²) in [7, 11) is -3.95. The van der Waals surface area contributed by atoms with Gasteiger partial charge in [0.05, 0.1) is 4.90 Å². The van der Waals surface area contributed by atoms with E-state index in [1.807, 2.05) is 4.72 Å². The molecular weight excluding hydrogens is 339 g/mol. The number of carboxylic acid groups (broad SMARTS) is 1. The van der Waals surface area contributed by atoms with Crippen molar-refractivity contribution in [1.29, 1.82) is 0 Å². The summed E-state index contributed by atoms with van der Waals surface area (Å²) in [6, 6.07) is 10.2. The van der Waals surface area contributed by atoms with Gasteiger partial charge in [0.2, 0.25) is 10.0 Å². The number of nitrogens with one attached hydrogen (secondary N) is 2. The van der Waals surface area contributed by atoms with E-state index in [-0.39, 0.29) is 10.5 Å². The van der Waals surface area contributed by atoms with Crippen molar-refractivity contribution < 1.29 is 27.5 Å². The average Bonchev–Trinajstić information content (AvgIpc) is 2.53. The van der Waals surface area contributed by atoms with Crippen LogP contribution in [0, 0.1) is 5.82 Å². The van der Waals surface area contributed by atoms with E-state index >= 15 is 0 Å². The van der Waals surface area contributed by atoms with Gasteiger partial charge in [-0.25, -0.2) is 12.8 Å². The van der Waals surface area contributed by atoms with Gasteiger partial charge in [0.1, 0.15) is 12.4 Å². The molecule has 2 aromatic rings. The van der Waals surface area contributed by atoms with E-state index in [0.29, 0.717) is 5.69 Å². The van der Waals surface area contributed by atoms with Gasteiger partial charge in [-0.05, 0) is 42.5 Å². The van der Waals surface area contributed by atoms with Crippen LogP contribution >= 0.6 is 0 Å². The van der Waals surface area contributed by atoms with Crippen LogP contribution in [0.15, 0.2) is 53.4 Å². The minimum Gasteiger partial charge on any atom is -0.480 e. The van der Waals surface area contributed by atoms with E-state index in [2.05, 4.69) is 5.32 Å². The SMILES string of the molecule is O=C(O)CNS(=O)(=O)c1ccc(NC(=O)c2cccc(F)c2)cc1. The maximum atomic E-state index is 13.1. The number of sulfonamides is 1. The molecule has 3 N–H and O–H groups in total. The molecule has 0 spiro atoms. The predicted molar refractivity (Wildman–Crippen MR) is 83.6 cm³/mol. The maximum absolute atomic E-state index is 13.1. The molecule has 9 heteroatoms. The van der Waals surface area contributed by atoms with Crippen LogP contribution in [0.3, 0.4) is 0 Å². The summed E-state index contributed by atoms with van der Waals surface area (Å²) in [6.07, 6.45) is 0. The summed E-state index contributed by atoms with van der Waals surface area (Å²) in [5.41, 5.74) is 0.427. The van der Waals surface area contributed by atoms with Crippen molar-refractivity contribution in [1.82, 2.24) is 4.72 Å². The number of hydrogen-bond acceptors (Lipinski definition) is 4. The zero-order valence-electron chi connectivity index (χ0n) is 12.2. The van der Waals surface area contributed by atoms with Crippen LogP contribution in [-0.4, -0.2) is 31.9 Å². The van der Waals surface area contributed by atoms with Gasteiger partial charge in [0, 0.05) is 11.3 Å². The summed E-state index contributed by atoms with van der Waals surface area (Å²) >= 11 is 0. The number of benzene rings is 2. The fraction of sp³-hybridized carbons (Fsp3) is 0.0667. The Hall–Kier alpha value is -2.78. The third-order valence-corrected chi connectivity index (χ3v) is 4.34. The predicted octanol–water partition coefficient (Wildman–Crippen LogP) is 1.44. The molecule has 0 atom stereocenters. The highest BCUT2D eigenvalue weighted by molar-refractivity contribution is 7.89. The molecule has 2 rings (SSSR count). The van der Waals surface area contributed by atoms with Crippen LogP contribution in [0.5, 0.6) is 0 Å². The Bertz CT molecular complexity index is 866. The average molecular weight is 352 g/mol. The van der Waals surface area contributed by atoms with Crippen LogP contribution in [0.2, 0.25) is 0 Å². The molecule has 0 aliphatic heterocycles. The number of anilines is 1. The normalized spacial score (nSPS) is 11.0. The highest BCUT2D eigenvalue weighted by Gasteiger charge is 2.15. The summed E-state index contributed by atoms with van der Waals surface area (Å²) in [4.78, 5) is 22.2. The van der Waals surface area contributed by atoms with Gasteiger partial charge in [-0.15, -0.1) is 0 Å². The fourth-order valence-electron chi connectivity index (χ4n) is 1.79. The minimum atomic E-state index is -3.95. The summed E-state index contributed by atoms with van der Waals surface area (Å²) in [5, 5.41) is 11.0. The van der Waals surface area contributed by atoms with E-state index in [1.54, 1.807) is 0 Å². The number of rotatable bonds is 6. The number of carbonyl (C=O) groups excluding carboxylic acids is 1. The zero-order valence-corrected chi connectivity index (χ0v) is 13.0. The van der Waals surface area contributed by atoms with Gasteiger partial charge >= 0.3 is 5.97 Å². The lowest BCUT2D eigenvalue weighted by Crippen LogP contribution is -2.29. The molecule has 7 nitrogen and oxygen atoms in total. The Balaban J connectivity index is 2.09. The van der Waals surface area contributed by atoms with Crippen LogP contribution in [0.25, 0.3) is 0 Å². The van der Waals surface area contributed by atoms with Gasteiger partial charge in [0.25, 0.3) is 5.91 Å². The maximum Gasteiger partial charge on any atom is 0.318 e. The molecule has 0 saturated heterocycles. The van der Waals surface area contributed by atoms with E-state index in [4.69, 9.17) is 5.11 Å². The largest absolute Gasteiger partial charge is 0.480 e. The second kappa shape index (κ2) is 7.20. The summed E-state index contributed by atoms with van der Waals surface area (Å²) in [5.74, 6) is -2.40. The van der Waals surface area contributed by atoms with Crippen molar-refractivity contribution in [3.05, 3.63) is 59.9 Å². The molecule has 2 aromatic carbocycles. The van der Waals surface area contributed by atoms with Gasteiger partial charge in [-0.3, -0.25) is 9.59 Å². The molecular formula is C15H13FN2O5S. The molecule has 0 aromatic heterocycles. The number of hydrogen-bond donors (Lipinski definition) is 3. The molecule has 0 fully saturated rings. The lowest BCUT2D eigenvalue weighted by Gasteiger charge is -2.08.